The summed E-state index contributed by atoms with van der Waals surface area (Å²) in [4.78, 5) is 30.1. The molecule has 0 aromatic carbocycles. The van der Waals surface area contributed by atoms with Gasteiger partial charge in [0.05, 0.1) is 11.8 Å². The summed E-state index contributed by atoms with van der Waals surface area (Å²) in [6.07, 6.45) is 0. The van der Waals surface area contributed by atoms with Crippen molar-refractivity contribution in [3.8, 4) is 0 Å². The van der Waals surface area contributed by atoms with Crippen molar-refractivity contribution in [2.24, 2.45) is 5.92 Å². The van der Waals surface area contributed by atoms with Crippen LogP contribution in [-0.4, -0.2) is 67.3 Å². The molecule has 2 rings (SSSR count). The summed E-state index contributed by atoms with van der Waals surface area (Å²) in [6.45, 7) is 3.17. The molecule has 0 bridgehead atoms. The second-order valence-corrected chi connectivity index (χ2v) is 5.24. The van der Waals surface area contributed by atoms with Gasteiger partial charge in [0.1, 0.15) is 13.2 Å². The average molecular weight is 326 g/mol. The topological polar surface area (TPSA) is 107 Å². The third kappa shape index (κ3) is 4.05. The summed E-state index contributed by atoms with van der Waals surface area (Å²) < 4.78 is 15.3. The Morgan fingerprint density at radius 2 is 2.22 bits per heavy atom. The van der Waals surface area contributed by atoms with E-state index in [0.717, 1.165) is 0 Å². The molecular formula is C14H22N4O5. The Labute approximate surface area is 134 Å². The van der Waals surface area contributed by atoms with Crippen LogP contribution in [0.3, 0.4) is 0 Å². The molecule has 1 aromatic heterocycles. The molecule has 0 saturated carbocycles. The number of methoxy groups -OCH3 is 1. The van der Waals surface area contributed by atoms with Gasteiger partial charge in [-0.25, -0.2) is 0 Å². The highest BCUT2D eigenvalue weighted by molar-refractivity contribution is 5.83. The molecule has 2 atom stereocenters. The Morgan fingerprint density at radius 1 is 1.43 bits per heavy atom. The van der Waals surface area contributed by atoms with Gasteiger partial charge in [0.15, 0.2) is 5.82 Å². The quantitative estimate of drug-likeness (QED) is 0.722. The molecule has 1 fully saturated rings. The average Bonchev–Trinajstić information content (AvgIpc) is 3.18. The summed E-state index contributed by atoms with van der Waals surface area (Å²) in [7, 11) is 3.10. The first-order valence-electron chi connectivity index (χ1n) is 7.49. The zero-order valence-corrected chi connectivity index (χ0v) is 13.6. The van der Waals surface area contributed by atoms with Crippen molar-refractivity contribution in [1.29, 1.82) is 0 Å². The minimum atomic E-state index is -0.429. The van der Waals surface area contributed by atoms with E-state index in [1.165, 1.54) is 7.11 Å². The number of carbonyl (C=O) groups is 2. The zero-order chi connectivity index (χ0) is 16.8. The monoisotopic (exact) mass is 326 g/mol. The van der Waals surface area contributed by atoms with Gasteiger partial charge in [0.2, 0.25) is 17.7 Å². The van der Waals surface area contributed by atoms with E-state index < -0.39 is 5.92 Å². The fraction of sp³-hybridized carbons (Fsp3) is 0.714. The largest absolute Gasteiger partial charge is 0.377 e. The lowest BCUT2D eigenvalue weighted by Gasteiger charge is -2.15. The van der Waals surface area contributed by atoms with Crippen LogP contribution in [0, 0.1) is 5.92 Å². The molecule has 1 aliphatic rings. The lowest BCUT2D eigenvalue weighted by Crippen LogP contribution is -2.35. The van der Waals surface area contributed by atoms with E-state index in [1.54, 1.807) is 11.9 Å². The van der Waals surface area contributed by atoms with Crippen molar-refractivity contribution in [2.75, 3.05) is 40.5 Å². The van der Waals surface area contributed by atoms with Crippen molar-refractivity contribution in [3.63, 3.8) is 0 Å². The highest BCUT2D eigenvalue weighted by Gasteiger charge is 2.43. The van der Waals surface area contributed by atoms with Crippen LogP contribution in [0.2, 0.25) is 0 Å². The fourth-order valence-electron chi connectivity index (χ4n) is 2.60. The van der Waals surface area contributed by atoms with Gasteiger partial charge in [0, 0.05) is 33.9 Å². The number of amides is 2. The van der Waals surface area contributed by atoms with Crippen LogP contribution in [0.5, 0.6) is 0 Å². The van der Waals surface area contributed by atoms with Gasteiger partial charge >= 0.3 is 0 Å². The minimum Gasteiger partial charge on any atom is -0.377 e. The summed E-state index contributed by atoms with van der Waals surface area (Å²) in [5, 5.41) is 6.44. The second-order valence-electron chi connectivity index (χ2n) is 5.24. The first-order chi connectivity index (χ1) is 11.1. The molecule has 128 valence electrons. The van der Waals surface area contributed by atoms with Gasteiger partial charge in [-0.3, -0.25) is 9.59 Å². The zero-order valence-electron chi connectivity index (χ0n) is 13.6. The number of aromatic nitrogens is 2. The number of likely N-dealkylation sites (tertiary alicyclic amines) is 1. The van der Waals surface area contributed by atoms with Crippen molar-refractivity contribution < 1.29 is 23.6 Å². The molecule has 9 heteroatoms. The number of ether oxygens (including phenoxy) is 2. The summed E-state index contributed by atoms with van der Waals surface area (Å²) in [6, 6.07) is 0. The first-order valence-corrected chi connectivity index (χ1v) is 7.49. The predicted molar refractivity (Wildman–Crippen MR) is 78.4 cm³/mol. The van der Waals surface area contributed by atoms with Crippen LogP contribution in [-0.2, 0) is 25.7 Å². The Morgan fingerprint density at radius 3 is 2.87 bits per heavy atom. The van der Waals surface area contributed by atoms with E-state index >= 15 is 0 Å². The molecular weight excluding hydrogens is 304 g/mol. The Hall–Kier alpha value is -2.00. The van der Waals surface area contributed by atoms with Gasteiger partial charge in [-0.1, -0.05) is 5.16 Å². The van der Waals surface area contributed by atoms with Crippen LogP contribution in [0.15, 0.2) is 4.52 Å². The maximum atomic E-state index is 12.1. The normalized spacial score (nSPS) is 20.7. The molecule has 1 aliphatic heterocycles. The standard InChI is InChI=1S/C14H22N4O5/c1-4-22-8-12(19)18-5-9(13(20)15-2)10(6-18)14-16-11(7-21-3)17-23-14/h9-10H,4-8H2,1-3H3,(H,15,20)/t9-,10-/m1/s1. The number of nitrogens with zero attached hydrogens (tertiary/aromatic N) is 3. The molecule has 0 unspecified atom stereocenters. The molecule has 9 nitrogen and oxygen atoms in total. The lowest BCUT2D eigenvalue weighted by atomic mass is 9.95. The third-order valence-electron chi connectivity index (χ3n) is 3.76. The molecule has 0 radical (unpaired) electrons. The summed E-state index contributed by atoms with van der Waals surface area (Å²) >= 11 is 0. The van der Waals surface area contributed by atoms with Crippen molar-refractivity contribution in [3.05, 3.63) is 11.7 Å². The minimum absolute atomic E-state index is 0.00242. The van der Waals surface area contributed by atoms with Crippen molar-refractivity contribution in [2.45, 2.75) is 19.4 Å². The molecule has 0 aliphatic carbocycles. The number of hydrogen-bond acceptors (Lipinski definition) is 7. The highest BCUT2D eigenvalue weighted by atomic mass is 16.5. The van der Waals surface area contributed by atoms with Crippen LogP contribution in [0.1, 0.15) is 24.6 Å². The smallest absolute Gasteiger partial charge is 0.248 e. The van der Waals surface area contributed by atoms with Gasteiger partial charge in [0.25, 0.3) is 0 Å². The third-order valence-corrected chi connectivity index (χ3v) is 3.76. The van der Waals surface area contributed by atoms with Gasteiger partial charge in [-0.2, -0.15) is 4.98 Å². The molecule has 1 N–H and O–H groups in total. The van der Waals surface area contributed by atoms with Crippen LogP contribution >= 0.6 is 0 Å². The molecule has 0 spiro atoms. The van der Waals surface area contributed by atoms with E-state index in [1.807, 2.05) is 6.92 Å². The Bertz CT molecular complexity index is 547. The van der Waals surface area contributed by atoms with Crippen LogP contribution in [0.4, 0.5) is 0 Å². The van der Waals surface area contributed by atoms with Gasteiger partial charge < -0.3 is 24.2 Å². The van der Waals surface area contributed by atoms with Gasteiger partial charge in [-0.05, 0) is 6.92 Å². The molecule has 2 heterocycles. The maximum absolute atomic E-state index is 12.1. The number of rotatable bonds is 7. The van der Waals surface area contributed by atoms with E-state index in [-0.39, 0.29) is 30.9 Å². The number of carbonyl (C=O) groups excluding carboxylic acids is 2. The van der Waals surface area contributed by atoms with Gasteiger partial charge in [-0.15, -0.1) is 0 Å². The van der Waals surface area contributed by atoms with Crippen LogP contribution < -0.4 is 5.32 Å². The second kappa shape index (κ2) is 8.02. The molecule has 23 heavy (non-hydrogen) atoms. The summed E-state index contributed by atoms with van der Waals surface area (Å²) in [5.41, 5.74) is 0. The van der Waals surface area contributed by atoms with E-state index in [0.29, 0.717) is 31.4 Å². The van der Waals surface area contributed by atoms with Crippen LogP contribution in [0.25, 0.3) is 0 Å². The summed E-state index contributed by atoms with van der Waals surface area (Å²) in [5.74, 6) is -0.317. The van der Waals surface area contributed by atoms with Crippen molar-refractivity contribution in [1.82, 2.24) is 20.4 Å². The SMILES string of the molecule is CCOCC(=O)N1C[C@@H](C(=O)NC)[C@H](c2nc(COC)no2)C1. The fourth-order valence-corrected chi connectivity index (χ4v) is 2.60. The predicted octanol–water partition coefficient (Wildman–Crippen LogP) is -0.459. The first kappa shape index (κ1) is 17.4. The number of nitrogens with one attached hydrogen (secondary N) is 1. The molecule has 1 aromatic rings. The maximum Gasteiger partial charge on any atom is 0.248 e. The Kier molecular flexibility index (Phi) is 6.05. The molecule has 1 saturated heterocycles. The molecule has 2 amide bonds. The highest BCUT2D eigenvalue weighted by Crippen LogP contribution is 2.32. The Balaban J connectivity index is 2.13. The number of hydrogen-bond donors (Lipinski definition) is 1. The van der Waals surface area contributed by atoms with E-state index in [9.17, 15) is 9.59 Å². The lowest BCUT2D eigenvalue weighted by molar-refractivity contribution is -0.135. The van der Waals surface area contributed by atoms with Crippen molar-refractivity contribution >= 4 is 11.8 Å². The van der Waals surface area contributed by atoms with E-state index in [2.05, 4.69) is 15.5 Å². The van der Waals surface area contributed by atoms with E-state index in [4.69, 9.17) is 14.0 Å².